The fourth-order valence-corrected chi connectivity index (χ4v) is 4.10. The van der Waals surface area contributed by atoms with E-state index in [0.29, 0.717) is 18.8 Å². The van der Waals surface area contributed by atoms with Crippen LogP contribution in [-0.4, -0.2) is 19.0 Å². The molecule has 0 amide bonds. The van der Waals surface area contributed by atoms with Gasteiger partial charge in [0.15, 0.2) is 0 Å². The highest BCUT2D eigenvalue weighted by Crippen LogP contribution is 2.33. The lowest BCUT2D eigenvalue weighted by atomic mass is 9.95. The maximum absolute atomic E-state index is 13.8. The third kappa shape index (κ3) is 9.43. The molecule has 0 fully saturated rings. The van der Waals surface area contributed by atoms with E-state index in [1.165, 1.54) is 51.4 Å². The van der Waals surface area contributed by atoms with Gasteiger partial charge in [-0.3, -0.25) is 4.79 Å². The van der Waals surface area contributed by atoms with Crippen molar-refractivity contribution in [1.29, 1.82) is 0 Å². The number of ether oxygens (including phenoxy) is 2. The molecule has 0 aliphatic heterocycles. The second kappa shape index (κ2) is 16.6. The number of unbranched alkanes of at least 4 members (excludes halogenated alkanes) is 10. The number of carbonyl (C=O) groups excluding carboxylic acids is 1. The molecule has 0 atom stereocenters. The van der Waals surface area contributed by atoms with Crippen LogP contribution in [0.5, 0.6) is 0 Å². The lowest BCUT2D eigenvalue weighted by molar-refractivity contribution is -0.211. The van der Waals surface area contributed by atoms with Gasteiger partial charge >= 0.3 is 0 Å². The van der Waals surface area contributed by atoms with Crippen LogP contribution in [0, 0.1) is 0 Å². The number of carbonyl (C=O) groups is 1. The highest BCUT2D eigenvalue weighted by atomic mass is 16.7. The predicted octanol–water partition coefficient (Wildman–Crippen LogP) is 8.48. The fraction of sp³-hybridized carbons (Fsp3) is 0.567. The Kier molecular flexibility index (Phi) is 13.7. The first-order valence-electron chi connectivity index (χ1n) is 13.2. The number of ketones is 1. The predicted molar refractivity (Wildman–Crippen MR) is 138 cm³/mol. The maximum atomic E-state index is 13.8. The van der Waals surface area contributed by atoms with Gasteiger partial charge in [0.05, 0.1) is 13.2 Å². The van der Waals surface area contributed by atoms with E-state index >= 15 is 0 Å². The Labute approximate surface area is 201 Å². The Morgan fingerprint density at radius 3 is 1.52 bits per heavy atom. The van der Waals surface area contributed by atoms with Crippen molar-refractivity contribution in [2.24, 2.45) is 0 Å². The lowest BCUT2D eigenvalue weighted by Crippen LogP contribution is -2.42. The summed E-state index contributed by atoms with van der Waals surface area (Å²) in [4.78, 5) is 13.8. The van der Waals surface area contributed by atoms with E-state index in [1.54, 1.807) is 0 Å². The Morgan fingerprint density at radius 1 is 0.606 bits per heavy atom. The molecule has 0 saturated carbocycles. The summed E-state index contributed by atoms with van der Waals surface area (Å²) in [6.07, 6.45) is 14.1. The highest BCUT2D eigenvalue weighted by molar-refractivity contribution is 6.02. The minimum Gasteiger partial charge on any atom is -0.340 e. The molecule has 0 aliphatic rings. The molecule has 182 valence electrons. The summed E-state index contributed by atoms with van der Waals surface area (Å²) < 4.78 is 12.8. The zero-order chi connectivity index (χ0) is 23.6. The van der Waals surface area contributed by atoms with E-state index in [0.717, 1.165) is 31.2 Å². The second-order valence-electron chi connectivity index (χ2n) is 8.91. The molecule has 0 N–H and O–H groups in total. The van der Waals surface area contributed by atoms with Crippen LogP contribution in [-0.2, 0) is 15.3 Å². The summed E-state index contributed by atoms with van der Waals surface area (Å²) >= 11 is 0. The number of Topliss-reactive ketones (excluding diaryl/α,β-unsaturated/α-hetero) is 1. The van der Waals surface area contributed by atoms with Gasteiger partial charge in [-0.05, 0) is 12.8 Å². The molecule has 2 rings (SSSR count). The largest absolute Gasteiger partial charge is 0.340 e. The van der Waals surface area contributed by atoms with Gasteiger partial charge in [0.2, 0.25) is 5.78 Å². The fourth-order valence-electron chi connectivity index (χ4n) is 4.10. The van der Waals surface area contributed by atoms with Crippen LogP contribution < -0.4 is 0 Å². The van der Waals surface area contributed by atoms with Crippen LogP contribution in [0.1, 0.15) is 107 Å². The summed E-state index contributed by atoms with van der Waals surface area (Å²) in [7, 11) is 0. The van der Waals surface area contributed by atoms with Gasteiger partial charge in [0.25, 0.3) is 5.79 Å². The molecule has 3 heteroatoms. The van der Waals surface area contributed by atoms with Crippen molar-refractivity contribution in [3.8, 4) is 0 Å². The molecule has 0 saturated heterocycles. The summed E-state index contributed by atoms with van der Waals surface area (Å²) in [5.74, 6) is -1.51. The number of hydrogen-bond acceptors (Lipinski definition) is 3. The van der Waals surface area contributed by atoms with Crippen LogP contribution in [0.25, 0.3) is 0 Å². The summed E-state index contributed by atoms with van der Waals surface area (Å²) in [6, 6.07) is 19.2. The van der Waals surface area contributed by atoms with Gasteiger partial charge < -0.3 is 9.47 Å². The molecular formula is C30H44O3. The van der Waals surface area contributed by atoms with Crippen LogP contribution in [0.3, 0.4) is 0 Å². The molecule has 0 bridgehead atoms. The van der Waals surface area contributed by atoms with Crippen molar-refractivity contribution in [3.05, 3.63) is 71.8 Å². The molecule has 2 aromatic rings. The SMILES string of the molecule is CCCCCCCCOC(OCCCCCCCC)(C(=O)c1ccccc1)c1ccccc1. The first kappa shape index (κ1) is 27.3. The quantitative estimate of drug-likeness (QED) is 0.122. The molecule has 33 heavy (non-hydrogen) atoms. The number of benzene rings is 2. The standard InChI is InChI=1S/C30H44O3/c1-3-5-7-9-11-19-25-32-30(28-23-17-14-18-24-28,29(31)27-21-15-13-16-22-27)33-26-20-12-10-8-6-4-2/h13-18,21-24H,3-12,19-20,25-26H2,1-2H3. The summed E-state index contributed by atoms with van der Waals surface area (Å²) in [6.45, 7) is 5.48. The van der Waals surface area contributed by atoms with Gasteiger partial charge in [-0.2, -0.15) is 0 Å². The highest BCUT2D eigenvalue weighted by Gasteiger charge is 2.43. The van der Waals surface area contributed by atoms with Crippen molar-refractivity contribution in [3.63, 3.8) is 0 Å². The molecule has 0 radical (unpaired) electrons. The van der Waals surface area contributed by atoms with E-state index in [1.807, 2.05) is 60.7 Å². The molecule has 0 aromatic heterocycles. The van der Waals surface area contributed by atoms with E-state index < -0.39 is 5.79 Å². The minimum atomic E-state index is -1.39. The second-order valence-corrected chi connectivity index (χ2v) is 8.91. The summed E-state index contributed by atoms with van der Waals surface area (Å²) in [5, 5.41) is 0. The van der Waals surface area contributed by atoms with Gasteiger partial charge in [0.1, 0.15) is 0 Å². The van der Waals surface area contributed by atoms with Gasteiger partial charge in [-0.15, -0.1) is 0 Å². The van der Waals surface area contributed by atoms with Crippen LogP contribution >= 0.6 is 0 Å². The molecule has 2 aromatic carbocycles. The Balaban J connectivity index is 2.13. The number of hydrogen-bond donors (Lipinski definition) is 0. The van der Waals surface area contributed by atoms with E-state index in [9.17, 15) is 4.79 Å². The van der Waals surface area contributed by atoms with Crippen molar-refractivity contribution in [2.75, 3.05) is 13.2 Å². The first-order valence-corrected chi connectivity index (χ1v) is 13.2. The van der Waals surface area contributed by atoms with Crippen LogP contribution in [0.15, 0.2) is 60.7 Å². The molecule has 0 heterocycles. The lowest BCUT2D eigenvalue weighted by Gasteiger charge is -2.33. The molecular weight excluding hydrogens is 408 g/mol. The van der Waals surface area contributed by atoms with Gasteiger partial charge in [-0.25, -0.2) is 0 Å². The molecule has 3 nitrogen and oxygen atoms in total. The van der Waals surface area contributed by atoms with Crippen LogP contribution in [0.2, 0.25) is 0 Å². The van der Waals surface area contributed by atoms with Gasteiger partial charge in [0, 0.05) is 11.1 Å². The molecule has 0 unspecified atom stereocenters. The van der Waals surface area contributed by atoms with E-state index in [2.05, 4.69) is 13.8 Å². The van der Waals surface area contributed by atoms with E-state index in [4.69, 9.17) is 9.47 Å². The van der Waals surface area contributed by atoms with Crippen molar-refractivity contribution < 1.29 is 14.3 Å². The third-order valence-electron chi connectivity index (χ3n) is 6.10. The topological polar surface area (TPSA) is 35.5 Å². The van der Waals surface area contributed by atoms with Crippen LogP contribution in [0.4, 0.5) is 0 Å². The van der Waals surface area contributed by atoms with Crippen molar-refractivity contribution >= 4 is 5.78 Å². The maximum Gasteiger partial charge on any atom is 0.261 e. The van der Waals surface area contributed by atoms with Gasteiger partial charge in [-0.1, -0.05) is 139 Å². The molecule has 0 aliphatic carbocycles. The average Bonchev–Trinajstić information content (AvgIpc) is 2.87. The average molecular weight is 453 g/mol. The number of rotatable bonds is 19. The minimum absolute atomic E-state index is 0.119. The summed E-state index contributed by atoms with van der Waals surface area (Å²) in [5.41, 5.74) is 1.39. The van der Waals surface area contributed by atoms with Crippen molar-refractivity contribution in [1.82, 2.24) is 0 Å². The Morgan fingerprint density at radius 2 is 1.03 bits per heavy atom. The molecule has 0 spiro atoms. The monoisotopic (exact) mass is 452 g/mol. The normalized spacial score (nSPS) is 11.6. The van der Waals surface area contributed by atoms with E-state index in [-0.39, 0.29) is 5.78 Å². The first-order chi connectivity index (χ1) is 16.2. The zero-order valence-corrected chi connectivity index (χ0v) is 20.9. The smallest absolute Gasteiger partial charge is 0.261 e. The zero-order valence-electron chi connectivity index (χ0n) is 20.9. The van der Waals surface area contributed by atoms with Crippen molar-refractivity contribution in [2.45, 2.75) is 96.7 Å². The third-order valence-corrected chi connectivity index (χ3v) is 6.10. The Hall–Kier alpha value is -1.97. The Bertz CT molecular complexity index is 724.